The number of amides is 1. The summed E-state index contributed by atoms with van der Waals surface area (Å²) in [4.78, 5) is 14.9. The van der Waals surface area contributed by atoms with Crippen molar-refractivity contribution in [2.45, 2.75) is 43.4 Å². The third-order valence-corrected chi connectivity index (χ3v) is 5.53. The molecule has 2 aromatic rings. The predicted octanol–water partition coefficient (Wildman–Crippen LogP) is 0.993. The molecule has 4 nitrogen and oxygen atoms in total. The maximum absolute atomic E-state index is 13.3. The molecule has 5 rings (SSSR count). The van der Waals surface area contributed by atoms with Gasteiger partial charge in [0.1, 0.15) is 23.3 Å². The Morgan fingerprint density at radius 1 is 1.15 bits per heavy atom. The van der Waals surface area contributed by atoms with Gasteiger partial charge in [0.2, 0.25) is 5.91 Å². The van der Waals surface area contributed by atoms with E-state index in [-0.39, 0.29) is 42.7 Å². The van der Waals surface area contributed by atoms with Crippen LogP contribution in [-0.4, -0.2) is 22.5 Å². The number of benzene rings is 2. The van der Waals surface area contributed by atoms with Crippen molar-refractivity contribution < 1.29 is 37.5 Å². The van der Waals surface area contributed by atoms with Crippen molar-refractivity contribution >= 4 is 5.91 Å². The molecule has 0 aromatic heterocycles. The zero-order valence-electron chi connectivity index (χ0n) is 15.2. The van der Waals surface area contributed by atoms with E-state index in [1.165, 1.54) is 12.1 Å². The number of nitrogens with zero attached hydrogens (tertiary/aromatic N) is 1. The standard InChI is InChI=1S/C21H19FNO3.Li/c22-15-7-4-8-16(11-15)25-17-12-21(13-17)20(24)23-18(9-10-19(23)26-21)14-5-2-1-3-6-14;/h1-8,11,17-18H,9-10,12-13H2;/q-1;+1/t17?,18-,21?;/m0./s1. The van der Waals surface area contributed by atoms with Crippen molar-refractivity contribution in [1.29, 1.82) is 0 Å². The molecule has 6 heteroatoms. The fraction of sp³-hybridized carbons (Fsp3) is 0.333. The number of hydrogen-bond donors (Lipinski definition) is 0. The average molecular weight is 359 g/mol. The van der Waals surface area contributed by atoms with Gasteiger partial charge in [0.25, 0.3) is 0 Å². The summed E-state index contributed by atoms with van der Waals surface area (Å²) in [5, 5.41) is 0. The first kappa shape index (κ1) is 18.6. The minimum atomic E-state index is -0.791. The second kappa shape index (κ2) is 6.98. The Labute approximate surface area is 169 Å². The molecule has 0 unspecified atom stereocenters. The van der Waals surface area contributed by atoms with Crippen LogP contribution >= 0.6 is 0 Å². The first-order chi connectivity index (χ1) is 12.6. The van der Waals surface area contributed by atoms with Crippen LogP contribution in [-0.2, 0) is 9.53 Å². The maximum Gasteiger partial charge on any atom is 1.00 e. The summed E-state index contributed by atoms with van der Waals surface area (Å²) in [5.74, 6) is 0.204. The predicted molar refractivity (Wildman–Crippen MR) is 92.4 cm³/mol. The van der Waals surface area contributed by atoms with E-state index in [1.54, 1.807) is 12.1 Å². The van der Waals surface area contributed by atoms with Crippen LogP contribution in [0.5, 0.6) is 5.75 Å². The van der Waals surface area contributed by atoms with Gasteiger partial charge >= 0.3 is 18.9 Å². The SMILES string of the molecule is O=C1N2[C-](CC[C@H]2c2ccccc2)OC12CC(Oc1cccc(F)c1)C2.[Li+]. The van der Waals surface area contributed by atoms with Crippen molar-refractivity contribution in [2.75, 3.05) is 0 Å². The summed E-state index contributed by atoms with van der Waals surface area (Å²) < 4.78 is 25.2. The molecule has 1 aliphatic carbocycles. The fourth-order valence-corrected chi connectivity index (χ4v) is 4.27. The zero-order chi connectivity index (χ0) is 17.7. The summed E-state index contributed by atoms with van der Waals surface area (Å²) >= 11 is 0. The Morgan fingerprint density at radius 3 is 2.67 bits per heavy atom. The van der Waals surface area contributed by atoms with Gasteiger partial charge in [-0.3, -0.25) is 4.79 Å². The molecule has 0 bridgehead atoms. The van der Waals surface area contributed by atoms with Crippen LogP contribution in [0.3, 0.4) is 0 Å². The number of hydrogen-bond acceptors (Lipinski definition) is 3. The summed E-state index contributed by atoms with van der Waals surface area (Å²) in [6, 6.07) is 16.2. The molecule has 2 aliphatic heterocycles. The monoisotopic (exact) mass is 359 g/mol. The molecule has 1 spiro atoms. The van der Waals surface area contributed by atoms with Crippen LogP contribution in [0.2, 0.25) is 0 Å². The third kappa shape index (κ3) is 3.08. The molecular formula is C21H19FLiNO3. The number of fused-ring (bicyclic) bond motifs is 1. The molecule has 2 saturated heterocycles. The van der Waals surface area contributed by atoms with Gasteiger partial charge in [-0.1, -0.05) is 42.8 Å². The second-order valence-electron chi connectivity index (χ2n) is 7.24. The molecule has 0 N–H and O–H groups in total. The van der Waals surface area contributed by atoms with Crippen LogP contribution in [0, 0.1) is 12.0 Å². The number of carbonyl (C=O) groups excluding carboxylic acids is 1. The molecule has 0 radical (unpaired) electrons. The molecule has 2 heterocycles. The molecular weight excluding hydrogens is 340 g/mol. The molecule has 1 saturated carbocycles. The molecule has 3 aliphatic rings. The number of halogens is 1. The number of carbonyl (C=O) groups is 1. The van der Waals surface area contributed by atoms with Crippen LogP contribution in [0.15, 0.2) is 54.6 Å². The second-order valence-corrected chi connectivity index (χ2v) is 7.24. The topological polar surface area (TPSA) is 38.8 Å². The van der Waals surface area contributed by atoms with Crippen LogP contribution in [0.4, 0.5) is 4.39 Å². The van der Waals surface area contributed by atoms with Crippen LogP contribution in [0.25, 0.3) is 0 Å². The van der Waals surface area contributed by atoms with Gasteiger partial charge in [-0.2, -0.15) is 0 Å². The van der Waals surface area contributed by atoms with Gasteiger partial charge < -0.3 is 14.4 Å². The molecule has 134 valence electrons. The largest absolute Gasteiger partial charge is 1.00 e. The van der Waals surface area contributed by atoms with Gasteiger partial charge in [0, 0.05) is 24.9 Å². The summed E-state index contributed by atoms with van der Waals surface area (Å²) in [6.45, 7) is 0. The molecule has 1 atom stereocenters. The van der Waals surface area contributed by atoms with E-state index in [2.05, 4.69) is 12.1 Å². The Kier molecular flexibility index (Phi) is 4.80. The summed E-state index contributed by atoms with van der Waals surface area (Å²) in [7, 11) is 0. The molecule has 2 aromatic carbocycles. The van der Waals surface area contributed by atoms with Crippen molar-refractivity contribution in [1.82, 2.24) is 4.90 Å². The minimum absolute atomic E-state index is 0. The van der Waals surface area contributed by atoms with E-state index in [1.807, 2.05) is 23.1 Å². The van der Waals surface area contributed by atoms with Crippen molar-refractivity contribution in [2.24, 2.45) is 0 Å². The first-order valence-corrected chi connectivity index (χ1v) is 9.00. The van der Waals surface area contributed by atoms with Crippen molar-refractivity contribution in [3.05, 3.63) is 72.2 Å². The van der Waals surface area contributed by atoms with Gasteiger partial charge in [-0.05, 0) is 17.7 Å². The van der Waals surface area contributed by atoms with Gasteiger partial charge in [0.15, 0.2) is 0 Å². The average Bonchev–Trinajstić information content (AvgIpc) is 3.14. The molecule has 3 fully saturated rings. The van der Waals surface area contributed by atoms with Gasteiger partial charge in [-0.25, -0.2) is 4.39 Å². The molecule has 1 amide bonds. The quantitative estimate of drug-likeness (QED) is 0.606. The van der Waals surface area contributed by atoms with E-state index in [0.717, 1.165) is 24.6 Å². The first-order valence-electron chi connectivity index (χ1n) is 9.00. The smallest absolute Gasteiger partial charge is 0.516 e. The Hall–Kier alpha value is -1.80. The fourth-order valence-electron chi connectivity index (χ4n) is 4.27. The van der Waals surface area contributed by atoms with E-state index in [4.69, 9.17) is 9.47 Å². The Morgan fingerprint density at radius 2 is 1.93 bits per heavy atom. The molecule has 27 heavy (non-hydrogen) atoms. The van der Waals surface area contributed by atoms with E-state index < -0.39 is 5.60 Å². The summed E-state index contributed by atoms with van der Waals surface area (Å²) in [6.07, 6.45) is 3.34. The Balaban J connectivity index is 0.00000180. The number of rotatable bonds is 3. The zero-order valence-corrected chi connectivity index (χ0v) is 15.2. The Bertz CT molecular complexity index is 840. The van der Waals surface area contributed by atoms with E-state index in [0.29, 0.717) is 18.6 Å². The third-order valence-electron chi connectivity index (χ3n) is 5.53. The van der Waals surface area contributed by atoms with Crippen molar-refractivity contribution in [3.63, 3.8) is 0 Å². The number of ether oxygens (including phenoxy) is 2. The maximum atomic E-state index is 13.3. The minimum Gasteiger partial charge on any atom is -0.516 e. The van der Waals surface area contributed by atoms with Gasteiger partial charge in [0.05, 0.1) is 0 Å². The normalized spacial score (nSPS) is 29.4. The van der Waals surface area contributed by atoms with Crippen LogP contribution < -0.4 is 23.6 Å². The van der Waals surface area contributed by atoms with Gasteiger partial charge in [-0.15, -0.1) is 12.6 Å². The van der Waals surface area contributed by atoms with Crippen molar-refractivity contribution in [3.8, 4) is 5.75 Å². The van der Waals surface area contributed by atoms with E-state index >= 15 is 0 Å². The van der Waals surface area contributed by atoms with E-state index in [9.17, 15) is 9.18 Å². The summed E-state index contributed by atoms with van der Waals surface area (Å²) in [5.41, 5.74) is 0.351. The van der Waals surface area contributed by atoms with Crippen LogP contribution in [0.1, 0.15) is 37.3 Å².